The number of nitrogens with zero attached hydrogens (tertiary/aromatic N) is 3. The van der Waals surface area contributed by atoms with Gasteiger partial charge >= 0.3 is 6.03 Å². The van der Waals surface area contributed by atoms with Gasteiger partial charge in [-0.05, 0) is 49.2 Å². The van der Waals surface area contributed by atoms with Crippen LogP contribution in [0.5, 0.6) is 0 Å². The highest BCUT2D eigenvalue weighted by atomic mass is 16.3. The summed E-state index contributed by atoms with van der Waals surface area (Å²) in [6.45, 7) is 8.11. The Hall–Kier alpha value is -2.31. The maximum absolute atomic E-state index is 12.5. The average molecular weight is 383 g/mol. The number of furan rings is 1. The summed E-state index contributed by atoms with van der Waals surface area (Å²) in [6, 6.07) is 12.6. The van der Waals surface area contributed by atoms with Gasteiger partial charge in [0.15, 0.2) is 0 Å². The van der Waals surface area contributed by atoms with Crippen molar-refractivity contribution in [3.05, 3.63) is 59.5 Å². The highest BCUT2D eigenvalue weighted by Crippen LogP contribution is 2.14. The number of urea groups is 1. The minimum absolute atomic E-state index is 0.0267. The molecule has 0 saturated carbocycles. The zero-order valence-electron chi connectivity index (χ0n) is 16.5. The monoisotopic (exact) mass is 382 g/mol. The number of likely N-dealkylation sites (tertiary alicyclic amines) is 1. The Kier molecular flexibility index (Phi) is 6.29. The summed E-state index contributed by atoms with van der Waals surface area (Å²) in [4.78, 5) is 19.2. The van der Waals surface area contributed by atoms with Crippen molar-refractivity contribution in [2.75, 3.05) is 39.3 Å². The molecule has 2 aliphatic heterocycles. The lowest BCUT2D eigenvalue weighted by atomic mass is 10.1. The first-order valence-electron chi connectivity index (χ1n) is 10.3. The highest BCUT2D eigenvalue weighted by molar-refractivity contribution is 5.74. The highest BCUT2D eigenvalue weighted by Gasteiger charge is 2.21. The second-order valence-electron chi connectivity index (χ2n) is 7.80. The molecule has 1 aromatic heterocycles. The van der Waals surface area contributed by atoms with Crippen LogP contribution in [0.3, 0.4) is 0 Å². The van der Waals surface area contributed by atoms with Crippen LogP contribution in [0, 0.1) is 0 Å². The Balaban J connectivity index is 1.18. The Bertz CT molecular complexity index is 730. The molecule has 2 fully saturated rings. The minimum Gasteiger partial charge on any atom is -0.468 e. The van der Waals surface area contributed by atoms with E-state index in [1.54, 1.807) is 6.26 Å². The molecule has 2 aromatic rings. The lowest BCUT2D eigenvalue weighted by Crippen LogP contribution is -2.51. The van der Waals surface area contributed by atoms with Gasteiger partial charge in [-0.2, -0.15) is 0 Å². The molecule has 0 atom stereocenters. The number of hydrogen-bond donors (Lipinski definition) is 1. The molecule has 0 aliphatic carbocycles. The quantitative estimate of drug-likeness (QED) is 0.835. The molecule has 2 saturated heterocycles. The molecule has 3 heterocycles. The standard InChI is InChI=1S/C22H30N4O2/c27-22(26-13-11-25(12-14-26)18-21-4-3-15-28-21)23-16-19-5-7-20(8-6-19)17-24-9-1-2-10-24/h3-8,15H,1-2,9-14,16-18H2,(H,23,27). The number of hydrogen-bond acceptors (Lipinski definition) is 4. The number of rotatable bonds is 6. The number of amides is 2. The van der Waals surface area contributed by atoms with Crippen molar-refractivity contribution in [1.82, 2.24) is 20.0 Å². The number of benzene rings is 1. The first kappa shape index (κ1) is 19.0. The van der Waals surface area contributed by atoms with Crippen molar-refractivity contribution in [2.45, 2.75) is 32.5 Å². The molecule has 0 radical (unpaired) electrons. The fraction of sp³-hybridized carbons (Fsp3) is 0.500. The molecule has 4 rings (SSSR count). The Morgan fingerprint density at radius 1 is 0.857 bits per heavy atom. The topological polar surface area (TPSA) is 52.0 Å². The molecule has 0 spiro atoms. The number of piperazine rings is 1. The van der Waals surface area contributed by atoms with Crippen LogP contribution >= 0.6 is 0 Å². The lowest BCUT2D eigenvalue weighted by Gasteiger charge is -2.34. The van der Waals surface area contributed by atoms with E-state index in [0.29, 0.717) is 6.54 Å². The van der Waals surface area contributed by atoms with Crippen molar-refractivity contribution >= 4 is 6.03 Å². The summed E-state index contributed by atoms with van der Waals surface area (Å²) in [5, 5.41) is 3.06. The van der Waals surface area contributed by atoms with Gasteiger partial charge in [-0.15, -0.1) is 0 Å². The van der Waals surface area contributed by atoms with Crippen LogP contribution in [-0.4, -0.2) is 60.0 Å². The molecule has 0 unspecified atom stereocenters. The van der Waals surface area contributed by atoms with Gasteiger partial charge in [0.05, 0.1) is 12.8 Å². The molecular formula is C22H30N4O2. The van der Waals surface area contributed by atoms with E-state index in [0.717, 1.165) is 50.6 Å². The normalized spacial score (nSPS) is 18.5. The third kappa shape index (κ3) is 5.14. The number of nitrogens with one attached hydrogen (secondary N) is 1. The van der Waals surface area contributed by atoms with Crippen LogP contribution in [-0.2, 0) is 19.6 Å². The summed E-state index contributed by atoms with van der Waals surface area (Å²) in [5.74, 6) is 0.978. The summed E-state index contributed by atoms with van der Waals surface area (Å²) in [5.41, 5.74) is 2.50. The van der Waals surface area contributed by atoms with E-state index >= 15 is 0 Å². The molecule has 2 aliphatic rings. The van der Waals surface area contributed by atoms with Gasteiger partial charge in [0, 0.05) is 39.3 Å². The third-order valence-electron chi connectivity index (χ3n) is 5.69. The van der Waals surface area contributed by atoms with Crippen molar-refractivity contribution in [3.63, 3.8) is 0 Å². The molecule has 150 valence electrons. The predicted molar refractivity (Wildman–Crippen MR) is 109 cm³/mol. The molecule has 2 amide bonds. The second kappa shape index (κ2) is 9.26. The van der Waals surface area contributed by atoms with Gasteiger partial charge in [-0.3, -0.25) is 9.80 Å². The maximum Gasteiger partial charge on any atom is 0.317 e. The SMILES string of the molecule is O=C(NCc1ccc(CN2CCCC2)cc1)N1CCN(Cc2ccco2)CC1. The molecule has 28 heavy (non-hydrogen) atoms. The van der Waals surface area contributed by atoms with Crippen molar-refractivity contribution in [3.8, 4) is 0 Å². The van der Waals surface area contributed by atoms with Gasteiger partial charge < -0.3 is 14.6 Å². The van der Waals surface area contributed by atoms with Gasteiger partial charge in [0.2, 0.25) is 0 Å². The van der Waals surface area contributed by atoms with E-state index in [9.17, 15) is 4.79 Å². The van der Waals surface area contributed by atoms with E-state index in [4.69, 9.17) is 4.42 Å². The maximum atomic E-state index is 12.5. The summed E-state index contributed by atoms with van der Waals surface area (Å²) < 4.78 is 5.41. The number of carbonyl (C=O) groups is 1. The minimum atomic E-state index is 0.0267. The zero-order valence-corrected chi connectivity index (χ0v) is 16.5. The first-order chi connectivity index (χ1) is 13.8. The third-order valence-corrected chi connectivity index (χ3v) is 5.69. The predicted octanol–water partition coefficient (Wildman–Crippen LogP) is 2.90. The van der Waals surface area contributed by atoms with E-state index in [1.807, 2.05) is 17.0 Å². The van der Waals surface area contributed by atoms with E-state index in [-0.39, 0.29) is 6.03 Å². The van der Waals surface area contributed by atoms with Crippen LogP contribution in [0.2, 0.25) is 0 Å². The second-order valence-corrected chi connectivity index (χ2v) is 7.80. The first-order valence-corrected chi connectivity index (χ1v) is 10.3. The van der Waals surface area contributed by atoms with Crippen molar-refractivity contribution in [2.24, 2.45) is 0 Å². The van der Waals surface area contributed by atoms with Crippen molar-refractivity contribution in [1.29, 1.82) is 0 Å². The fourth-order valence-electron chi connectivity index (χ4n) is 3.98. The molecule has 6 nitrogen and oxygen atoms in total. The van der Waals surface area contributed by atoms with E-state index in [1.165, 1.54) is 31.5 Å². The number of carbonyl (C=O) groups excluding carboxylic acids is 1. The Morgan fingerprint density at radius 2 is 1.54 bits per heavy atom. The van der Waals surface area contributed by atoms with Gasteiger partial charge in [0.1, 0.15) is 5.76 Å². The molecule has 0 bridgehead atoms. The van der Waals surface area contributed by atoms with Gasteiger partial charge in [0.25, 0.3) is 0 Å². The Labute approximate surface area is 167 Å². The largest absolute Gasteiger partial charge is 0.468 e. The smallest absolute Gasteiger partial charge is 0.317 e. The van der Waals surface area contributed by atoms with Crippen LogP contribution in [0.25, 0.3) is 0 Å². The molecular weight excluding hydrogens is 352 g/mol. The van der Waals surface area contributed by atoms with Gasteiger partial charge in [-0.25, -0.2) is 4.79 Å². The fourth-order valence-corrected chi connectivity index (χ4v) is 3.98. The van der Waals surface area contributed by atoms with Crippen molar-refractivity contribution < 1.29 is 9.21 Å². The summed E-state index contributed by atoms with van der Waals surface area (Å²) in [6.07, 6.45) is 4.35. The van der Waals surface area contributed by atoms with Crippen LogP contribution in [0.4, 0.5) is 4.79 Å². The summed E-state index contributed by atoms with van der Waals surface area (Å²) >= 11 is 0. The van der Waals surface area contributed by atoms with E-state index < -0.39 is 0 Å². The summed E-state index contributed by atoms with van der Waals surface area (Å²) in [7, 11) is 0. The van der Waals surface area contributed by atoms with Gasteiger partial charge in [-0.1, -0.05) is 24.3 Å². The van der Waals surface area contributed by atoms with E-state index in [2.05, 4.69) is 39.4 Å². The van der Waals surface area contributed by atoms with Crippen LogP contribution in [0.15, 0.2) is 47.1 Å². The van der Waals surface area contributed by atoms with Crippen LogP contribution < -0.4 is 5.32 Å². The molecule has 6 heteroatoms. The molecule has 1 N–H and O–H groups in total. The molecule has 1 aromatic carbocycles. The Morgan fingerprint density at radius 3 is 2.21 bits per heavy atom. The van der Waals surface area contributed by atoms with Crippen LogP contribution in [0.1, 0.15) is 29.7 Å². The average Bonchev–Trinajstić information content (AvgIpc) is 3.42. The zero-order chi connectivity index (χ0) is 19.2. The lowest BCUT2D eigenvalue weighted by molar-refractivity contribution is 0.130.